The summed E-state index contributed by atoms with van der Waals surface area (Å²) < 4.78 is 53.1. The van der Waals surface area contributed by atoms with Crippen LogP contribution in [-0.4, -0.2) is 32.4 Å². The lowest BCUT2D eigenvalue weighted by molar-refractivity contribution is -0.252. The van der Waals surface area contributed by atoms with Crippen molar-refractivity contribution in [1.82, 2.24) is 9.61 Å². The van der Waals surface area contributed by atoms with Gasteiger partial charge in [-0.2, -0.15) is 13.2 Å². The number of fused-ring (bicyclic) bond motifs is 1. The number of hydrogen-bond acceptors (Lipinski definition) is 3. The van der Waals surface area contributed by atoms with E-state index in [0.29, 0.717) is 28.6 Å². The molecule has 28 heavy (non-hydrogen) atoms. The van der Waals surface area contributed by atoms with Gasteiger partial charge in [-0.1, -0.05) is 23.7 Å². The molecule has 0 aliphatic heterocycles. The Labute approximate surface area is 161 Å². The number of anilines is 1. The van der Waals surface area contributed by atoms with Gasteiger partial charge in [-0.05, 0) is 36.8 Å². The van der Waals surface area contributed by atoms with Crippen molar-refractivity contribution in [2.75, 3.05) is 5.32 Å². The molecule has 0 aliphatic carbocycles. The Balaban J connectivity index is 2.02. The van der Waals surface area contributed by atoms with Crippen LogP contribution in [0.2, 0.25) is 5.02 Å². The first-order valence-corrected chi connectivity index (χ1v) is 8.38. The number of carbonyl (C=O) groups excluding carboxylic acids is 1. The van der Waals surface area contributed by atoms with Crippen LogP contribution < -0.4 is 5.32 Å². The monoisotopic (exact) mass is 415 g/mol. The van der Waals surface area contributed by atoms with Crippen molar-refractivity contribution in [1.29, 1.82) is 0 Å². The van der Waals surface area contributed by atoms with Gasteiger partial charge in [-0.3, -0.25) is 4.79 Å². The Morgan fingerprint density at radius 1 is 1.25 bits per heavy atom. The summed E-state index contributed by atoms with van der Waals surface area (Å²) in [4.78, 5) is 12.1. The smallest absolute Gasteiger partial charge is 0.380 e. The van der Waals surface area contributed by atoms with E-state index in [1.165, 1.54) is 41.0 Å². The zero-order chi connectivity index (χ0) is 20.7. The van der Waals surface area contributed by atoms with Crippen molar-refractivity contribution in [2.24, 2.45) is 0 Å². The maximum Gasteiger partial charge on any atom is 0.417 e. The molecule has 2 heterocycles. The van der Waals surface area contributed by atoms with E-state index in [2.05, 4.69) is 10.4 Å². The average molecular weight is 416 g/mol. The van der Waals surface area contributed by atoms with Crippen LogP contribution in [0.1, 0.15) is 13.3 Å². The van der Waals surface area contributed by atoms with E-state index in [0.717, 1.165) is 0 Å². The minimum absolute atomic E-state index is 0.0446. The van der Waals surface area contributed by atoms with Crippen molar-refractivity contribution in [3.63, 3.8) is 0 Å². The van der Waals surface area contributed by atoms with Gasteiger partial charge in [-0.15, -0.1) is 5.10 Å². The molecule has 0 fully saturated rings. The van der Waals surface area contributed by atoms with Crippen LogP contribution in [0.4, 0.5) is 23.4 Å². The van der Waals surface area contributed by atoms with Crippen LogP contribution in [0.3, 0.4) is 0 Å². The van der Waals surface area contributed by atoms with Crippen molar-refractivity contribution in [3.8, 4) is 11.1 Å². The Morgan fingerprint density at radius 3 is 2.50 bits per heavy atom. The first-order chi connectivity index (χ1) is 13.0. The van der Waals surface area contributed by atoms with Crippen LogP contribution in [0.5, 0.6) is 0 Å². The predicted octanol–water partition coefficient (Wildman–Crippen LogP) is 4.44. The van der Waals surface area contributed by atoms with E-state index >= 15 is 0 Å². The SMILES string of the molecule is C[C@@](O)(CC(=O)Nc1nn2ccc(Cl)cc2c1-c1ccc(F)cc1)C(F)(F)F. The molecule has 2 N–H and O–H groups in total. The number of benzene rings is 1. The van der Waals surface area contributed by atoms with E-state index in [1.54, 1.807) is 6.07 Å². The predicted molar refractivity (Wildman–Crippen MR) is 95.5 cm³/mol. The molecule has 10 heteroatoms. The maximum atomic E-state index is 13.3. The lowest BCUT2D eigenvalue weighted by Crippen LogP contribution is -2.44. The molecule has 0 radical (unpaired) electrons. The van der Waals surface area contributed by atoms with Crippen molar-refractivity contribution in [3.05, 3.63) is 53.4 Å². The molecule has 148 valence electrons. The number of aliphatic hydroxyl groups is 1. The highest BCUT2D eigenvalue weighted by Gasteiger charge is 2.51. The van der Waals surface area contributed by atoms with E-state index in [1.807, 2.05) is 0 Å². The number of amides is 1. The number of nitrogens with one attached hydrogen (secondary N) is 1. The molecule has 0 saturated heterocycles. The molecule has 0 saturated carbocycles. The average Bonchev–Trinajstić information content (AvgIpc) is 2.91. The second-order valence-corrected chi connectivity index (χ2v) is 6.84. The fourth-order valence-corrected chi connectivity index (χ4v) is 2.76. The molecule has 0 unspecified atom stereocenters. The quantitative estimate of drug-likeness (QED) is 0.619. The second-order valence-electron chi connectivity index (χ2n) is 6.40. The third kappa shape index (κ3) is 3.95. The zero-order valence-electron chi connectivity index (χ0n) is 14.4. The summed E-state index contributed by atoms with van der Waals surface area (Å²) in [6.07, 6.45) is -4.68. The van der Waals surface area contributed by atoms with Crippen LogP contribution in [0, 0.1) is 5.82 Å². The second kappa shape index (κ2) is 7.06. The minimum atomic E-state index is -4.98. The normalized spacial score (nSPS) is 14.1. The first-order valence-electron chi connectivity index (χ1n) is 8.01. The van der Waals surface area contributed by atoms with E-state index in [-0.39, 0.29) is 5.82 Å². The van der Waals surface area contributed by atoms with Gasteiger partial charge in [0.25, 0.3) is 0 Å². The summed E-state index contributed by atoms with van der Waals surface area (Å²) in [6, 6.07) is 8.36. The number of hydrogen-bond donors (Lipinski definition) is 2. The van der Waals surface area contributed by atoms with Gasteiger partial charge in [0.1, 0.15) is 5.82 Å². The molecule has 0 aliphatic rings. The first kappa shape index (κ1) is 20.1. The van der Waals surface area contributed by atoms with Crippen LogP contribution in [0.15, 0.2) is 42.6 Å². The molecule has 1 atom stereocenters. The molecule has 3 rings (SSSR count). The van der Waals surface area contributed by atoms with Crippen LogP contribution >= 0.6 is 11.6 Å². The van der Waals surface area contributed by atoms with Crippen LogP contribution in [0.25, 0.3) is 16.6 Å². The Bertz CT molecular complexity index is 1030. The third-order valence-corrected chi connectivity index (χ3v) is 4.34. The van der Waals surface area contributed by atoms with Gasteiger partial charge in [0, 0.05) is 11.2 Å². The van der Waals surface area contributed by atoms with Gasteiger partial charge in [0.05, 0.1) is 17.5 Å². The summed E-state index contributed by atoms with van der Waals surface area (Å²) in [5, 5.41) is 16.3. The van der Waals surface area contributed by atoms with E-state index < -0.39 is 29.9 Å². The summed E-state index contributed by atoms with van der Waals surface area (Å²) in [5.41, 5.74) is -1.92. The molecule has 0 bridgehead atoms. The van der Waals surface area contributed by atoms with Gasteiger partial charge < -0.3 is 10.4 Å². The molecule has 3 aromatic rings. The lowest BCUT2D eigenvalue weighted by Gasteiger charge is -2.25. The molecule has 5 nitrogen and oxygen atoms in total. The highest BCUT2D eigenvalue weighted by Crippen LogP contribution is 2.35. The highest BCUT2D eigenvalue weighted by molar-refractivity contribution is 6.31. The molecular weight excluding hydrogens is 402 g/mol. The number of halogens is 5. The van der Waals surface area contributed by atoms with E-state index in [4.69, 9.17) is 11.6 Å². The number of pyridine rings is 1. The molecule has 0 spiro atoms. The number of aromatic nitrogens is 2. The van der Waals surface area contributed by atoms with Gasteiger partial charge >= 0.3 is 6.18 Å². The Kier molecular flexibility index (Phi) is 5.07. The molecular formula is C18H14ClF4N3O2. The Hall–Kier alpha value is -2.65. The fourth-order valence-electron chi connectivity index (χ4n) is 2.60. The maximum absolute atomic E-state index is 13.3. The largest absolute Gasteiger partial charge is 0.417 e. The highest BCUT2D eigenvalue weighted by atomic mass is 35.5. The summed E-state index contributed by atoms with van der Waals surface area (Å²) in [5.74, 6) is -1.61. The standard InChI is InChI=1S/C18H14ClF4N3O2/c1-17(28,18(21,22)23)9-14(27)24-16-15(10-2-4-12(20)5-3-10)13-8-11(19)6-7-26(13)25-16/h2-8,28H,9H2,1H3,(H,24,25,27)/t17-/m1/s1. The van der Waals surface area contributed by atoms with E-state index in [9.17, 15) is 27.5 Å². The molecule has 2 aromatic heterocycles. The summed E-state index contributed by atoms with van der Waals surface area (Å²) in [7, 11) is 0. The number of carbonyl (C=O) groups is 1. The molecule has 1 aromatic carbocycles. The summed E-state index contributed by atoms with van der Waals surface area (Å²) in [6.45, 7) is 0.511. The molecule has 1 amide bonds. The number of rotatable bonds is 4. The fraction of sp³-hybridized carbons (Fsp3) is 0.222. The zero-order valence-corrected chi connectivity index (χ0v) is 15.1. The van der Waals surface area contributed by atoms with Crippen molar-refractivity contribution in [2.45, 2.75) is 25.1 Å². The summed E-state index contributed by atoms with van der Waals surface area (Å²) >= 11 is 6.01. The van der Waals surface area contributed by atoms with Gasteiger partial charge in [0.2, 0.25) is 5.91 Å². The van der Waals surface area contributed by atoms with Crippen LogP contribution in [-0.2, 0) is 4.79 Å². The van der Waals surface area contributed by atoms with Crippen molar-refractivity contribution >= 4 is 28.8 Å². The topological polar surface area (TPSA) is 66.6 Å². The third-order valence-electron chi connectivity index (χ3n) is 4.10. The van der Waals surface area contributed by atoms with Gasteiger partial charge in [0.15, 0.2) is 11.4 Å². The van der Waals surface area contributed by atoms with Gasteiger partial charge in [-0.25, -0.2) is 8.91 Å². The van der Waals surface area contributed by atoms with Crippen molar-refractivity contribution < 1.29 is 27.5 Å². The Morgan fingerprint density at radius 2 is 1.89 bits per heavy atom. The lowest BCUT2D eigenvalue weighted by atomic mass is 10.0. The minimum Gasteiger partial charge on any atom is -0.380 e. The number of alkyl halides is 3. The number of nitrogens with zero attached hydrogens (tertiary/aromatic N) is 2.